The predicted molar refractivity (Wildman–Crippen MR) is 73.4 cm³/mol. The topological polar surface area (TPSA) is 75.0 Å². The van der Waals surface area contributed by atoms with E-state index in [1.807, 2.05) is 12.1 Å². The number of halogens is 1. The average Bonchev–Trinajstić information content (AvgIpc) is 2.35. The zero-order valence-corrected chi connectivity index (χ0v) is 10.3. The summed E-state index contributed by atoms with van der Waals surface area (Å²) >= 11 is 10.7. The van der Waals surface area contributed by atoms with Crippen molar-refractivity contribution in [2.45, 2.75) is 0 Å². The Morgan fingerprint density at radius 2 is 2.18 bits per heavy atom. The molecule has 0 bridgehead atoms. The maximum Gasteiger partial charge on any atom is 0.199 e. The lowest BCUT2D eigenvalue weighted by atomic mass is 10.2. The van der Waals surface area contributed by atoms with Crippen LogP contribution in [0, 0.1) is 0 Å². The molecule has 0 saturated carbocycles. The van der Waals surface area contributed by atoms with Crippen LogP contribution < -0.4 is 22.1 Å². The van der Waals surface area contributed by atoms with Gasteiger partial charge in [0.1, 0.15) is 0 Å². The third-order valence-corrected chi connectivity index (χ3v) is 2.60. The zero-order chi connectivity index (χ0) is 12.3. The van der Waals surface area contributed by atoms with Gasteiger partial charge in [-0.25, -0.2) is 5.84 Å². The average molecular weight is 268 g/mol. The first kappa shape index (κ1) is 11.8. The number of pyridine rings is 1. The molecule has 0 radical (unpaired) electrons. The summed E-state index contributed by atoms with van der Waals surface area (Å²) in [6, 6.07) is 7.30. The zero-order valence-electron chi connectivity index (χ0n) is 8.70. The molecule has 0 aliphatic rings. The molecule has 88 valence electrons. The van der Waals surface area contributed by atoms with E-state index in [2.05, 4.69) is 21.3 Å². The van der Waals surface area contributed by atoms with E-state index in [4.69, 9.17) is 29.7 Å². The van der Waals surface area contributed by atoms with E-state index >= 15 is 0 Å². The molecule has 0 atom stereocenters. The van der Waals surface area contributed by atoms with E-state index in [-0.39, 0.29) is 0 Å². The lowest BCUT2D eigenvalue weighted by Crippen LogP contribution is -2.42. The number of nitrogens with zero attached hydrogens (tertiary/aromatic N) is 1. The third-order valence-electron chi connectivity index (χ3n) is 2.15. The molecule has 0 aliphatic carbocycles. The molecular formula is C10H10ClN5S. The first-order valence-electron chi connectivity index (χ1n) is 4.77. The Kier molecular flexibility index (Phi) is 3.58. The SMILES string of the molecule is NNC(=S)NNc1ccnc2cc(Cl)ccc12. The molecule has 0 fully saturated rings. The molecule has 0 unspecified atom stereocenters. The number of benzene rings is 1. The molecule has 0 spiro atoms. The Balaban J connectivity index is 2.31. The lowest BCUT2D eigenvalue weighted by Gasteiger charge is -2.11. The minimum absolute atomic E-state index is 0.295. The van der Waals surface area contributed by atoms with Crippen molar-refractivity contribution in [3.05, 3.63) is 35.5 Å². The first-order chi connectivity index (χ1) is 8.20. The van der Waals surface area contributed by atoms with E-state index in [0.29, 0.717) is 10.1 Å². The molecule has 7 heteroatoms. The molecule has 0 amide bonds. The molecule has 5 N–H and O–H groups in total. The number of aromatic nitrogens is 1. The van der Waals surface area contributed by atoms with Crippen LogP contribution in [0.5, 0.6) is 0 Å². The number of anilines is 1. The van der Waals surface area contributed by atoms with Gasteiger partial charge in [0.15, 0.2) is 5.11 Å². The van der Waals surface area contributed by atoms with E-state index in [1.54, 1.807) is 18.3 Å². The monoisotopic (exact) mass is 267 g/mol. The number of nitrogens with one attached hydrogen (secondary N) is 3. The maximum atomic E-state index is 5.90. The molecular weight excluding hydrogens is 258 g/mol. The van der Waals surface area contributed by atoms with Crippen molar-refractivity contribution >= 4 is 45.5 Å². The van der Waals surface area contributed by atoms with Gasteiger partial charge in [-0.1, -0.05) is 11.6 Å². The number of hydrogen-bond acceptors (Lipinski definition) is 4. The maximum absolute atomic E-state index is 5.90. The molecule has 0 saturated heterocycles. The van der Waals surface area contributed by atoms with Crippen molar-refractivity contribution in [1.29, 1.82) is 0 Å². The van der Waals surface area contributed by atoms with Crippen molar-refractivity contribution < 1.29 is 0 Å². The van der Waals surface area contributed by atoms with Gasteiger partial charge >= 0.3 is 0 Å². The number of hydrazine groups is 2. The van der Waals surface area contributed by atoms with Gasteiger partial charge < -0.3 is 0 Å². The number of fused-ring (bicyclic) bond motifs is 1. The molecule has 0 aliphatic heterocycles. The fraction of sp³-hybridized carbons (Fsp3) is 0. The molecule has 1 aromatic carbocycles. The predicted octanol–water partition coefficient (Wildman–Crippen LogP) is 1.55. The number of thiocarbonyl (C=S) groups is 1. The van der Waals surface area contributed by atoms with Gasteiger partial charge in [-0.3, -0.25) is 21.3 Å². The highest BCUT2D eigenvalue weighted by molar-refractivity contribution is 7.80. The third kappa shape index (κ3) is 2.73. The molecule has 2 rings (SSSR count). The van der Waals surface area contributed by atoms with Crippen LogP contribution in [0.1, 0.15) is 0 Å². The highest BCUT2D eigenvalue weighted by Gasteiger charge is 2.02. The fourth-order valence-electron chi connectivity index (χ4n) is 1.39. The van der Waals surface area contributed by atoms with Crippen LogP contribution in [0.25, 0.3) is 10.9 Å². The van der Waals surface area contributed by atoms with Crippen LogP contribution in [0.3, 0.4) is 0 Å². The van der Waals surface area contributed by atoms with Crippen LogP contribution in [-0.4, -0.2) is 10.1 Å². The summed E-state index contributed by atoms with van der Waals surface area (Å²) in [5.41, 5.74) is 9.63. The van der Waals surface area contributed by atoms with Crippen molar-refractivity contribution in [2.24, 2.45) is 5.84 Å². The minimum Gasteiger partial charge on any atom is -0.300 e. The Bertz CT molecular complexity index is 559. The minimum atomic E-state index is 0.295. The standard InChI is InChI=1S/C10H10ClN5S/c11-6-1-2-7-8(15-16-10(17)14-12)3-4-13-9(7)5-6/h1-5H,12H2,(H,13,15)(H2,14,16,17). The van der Waals surface area contributed by atoms with Gasteiger partial charge in [0.05, 0.1) is 11.2 Å². The van der Waals surface area contributed by atoms with Crippen molar-refractivity contribution in [1.82, 2.24) is 15.8 Å². The highest BCUT2D eigenvalue weighted by atomic mass is 35.5. The fourth-order valence-corrected chi connectivity index (χ4v) is 1.61. The van der Waals surface area contributed by atoms with Gasteiger partial charge in [-0.15, -0.1) is 0 Å². The summed E-state index contributed by atoms with van der Waals surface area (Å²) < 4.78 is 0. The molecule has 1 heterocycles. The van der Waals surface area contributed by atoms with Gasteiger partial charge in [-0.2, -0.15) is 0 Å². The molecule has 2 aromatic rings. The normalized spacial score (nSPS) is 10.0. The number of hydrogen-bond donors (Lipinski definition) is 4. The quantitative estimate of drug-likeness (QED) is 0.376. The van der Waals surface area contributed by atoms with Crippen LogP contribution in [-0.2, 0) is 0 Å². The van der Waals surface area contributed by atoms with Crippen LogP contribution in [0.2, 0.25) is 5.02 Å². The molecule has 5 nitrogen and oxygen atoms in total. The first-order valence-corrected chi connectivity index (χ1v) is 5.56. The summed E-state index contributed by atoms with van der Waals surface area (Å²) in [7, 11) is 0. The second-order valence-corrected chi connectivity index (χ2v) is 4.09. The van der Waals surface area contributed by atoms with Gasteiger partial charge in [0.2, 0.25) is 0 Å². The number of nitrogens with two attached hydrogens (primary N) is 1. The summed E-state index contributed by atoms with van der Waals surface area (Å²) in [6.45, 7) is 0. The van der Waals surface area contributed by atoms with Gasteiger partial charge in [0, 0.05) is 16.6 Å². The Hall–Kier alpha value is -1.63. The Labute approximate surface area is 108 Å². The van der Waals surface area contributed by atoms with Crippen LogP contribution >= 0.6 is 23.8 Å². The van der Waals surface area contributed by atoms with Crippen LogP contribution in [0.15, 0.2) is 30.5 Å². The van der Waals surface area contributed by atoms with E-state index in [0.717, 1.165) is 16.6 Å². The summed E-state index contributed by atoms with van der Waals surface area (Å²) in [5.74, 6) is 5.15. The van der Waals surface area contributed by atoms with Crippen molar-refractivity contribution in [3.8, 4) is 0 Å². The van der Waals surface area contributed by atoms with E-state index in [9.17, 15) is 0 Å². The van der Waals surface area contributed by atoms with Gasteiger partial charge in [0.25, 0.3) is 0 Å². The Morgan fingerprint density at radius 1 is 1.35 bits per heavy atom. The molecule has 1 aromatic heterocycles. The van der Waals surface area contributed by atoms with Crippen molar-refractivity contribution in [3.63, 3.8) is 0 Å². The van der Waals surface area contributed by atoms with Gasteiger partial charge in [-0.05, 0) is 36.5 Å². The second kappa shape index (κ2) is 5.13. The van der Waals surface area contributed by atoms with E-state index < -0.39 is 0 Å². The smallest absolute Gasteiger partial charge is 0.199 e. The van der Waals surface area contributed by atoms with Crippen molar-refractivity contribution in [2.75, 3.05) is 5.43 Å². The highest BCUT2D eigenvalue weighted by Crippen LogP contribution is 2.23. The lowest BCUT2D eigenvalue weighted by molar-refractivity contribution is 0.966. The summed E-state index contributed by atoms with van der Waals surface area (Å²) in [4.78, 5) is 4.22. The second-order valence-electron chi connectivity index (χ2n) is 3.24. The van der Waals surface area contributed by atoms with E-state index in [1.165, 1.54) is 0 Å². The summed E-state index contributed by atoms with van der Waals surface area (Å²) in [6.07, 6.45) is 1.68. The molecule has 17 heavy (non-hydrogen) atoms. The largest absolute Gasteiger partial charge is 0.300 e. The summed E-state index contributed by atoms with van der Waals surface area (Å²) in [5, 5.41) is 1.88. The number of rotatable bonds is 2. The Morgan fingerprint density at radius 3 is 2.94 bits per heavy atom. The van der Waals surface area contributed by atoms with Crippen LogP contribution in [0.4, 0.5) is 5.69 Å².